The molecule has 0 saturated carbocycles. The molecule has 0 bridgehead atoms. The highest BCUT2D eigenvalue weighted by Gasteiger charge is 2.37. The third-order valence-corrected chi connectivity index (χ3v) is 3.00. The van der Waals surface area contributed by atoms with Crippen LogP contribution in [0.2, 0.25) is 0 Å². The molecule has 80 valence electrons. The molecule has 0 fully saturated rings. The van der Waals surface area contributed by atoms with Crippen molar-refractivity contribution in [3.8, 4) is 5.75 Å². The van der Waals surface area contributed by atoms with Gasteiger partial charge >= 0.3 is 5.69 Å². The lowest BCUT2D eigenvalue weighted by Gasteiger charge is -2.14. The van der Waals surface area contributed by atoms with Gasteiger partial charge in [0.25, 0.3) is 0 Å². The highest BCUT2D eigenvalue weighted by atomic mass is 79.9. The normalized spacial score (nSPS) is 17.0. The van der Waals surface area contributed by atoms with Crippen LogP contribution in [-0.4, -0.2) is 11.5 Å². The molecule has 0 aromatic heterocycles. The summed E-state index contributed by atoms with van der Waals surface area (Å²) in [6, 6.07) is 3.36. The second-order valence-corrected chi connectivity index (χ2v) is 5.15. The van der Waals surface area contributed by atoms with E-state index in [0.29, 0.717) is 16.8 Å². The van der Waals surface area contributed by atoms with Gasteiger partial charge in [0.05, 0.1) is 11.5 Å². The van der Waals surface area contributed by atoms with Crippen LogP contribution in [0.25, 0.3) is 0 Å². The van der Waals surface area contributed by atoms with Crippen LogP contribution in [0, 0.1) is 10.1 Å². The summed E-state index contributed by atoms with van der Waals surface area (Å²) in [6.07, 6.45) is 0. The van der Waals surface area contributed by atoms with E-state index in [2.05, 4.69) is 15.9 Å². The SMILES string of the molecule is CC1(C)COc2c([N+](=O)[O-])cc(Br)cc21. The molecular formula is C10H10BrNO3. The van der Waals surface area contributed by atoms with Gasteiger partial charge in [-0.2, -0.15) is 0 Å². The lowest BCUT2D eigenvalue weighted by atomic mass is 9.87. The van der Waals surface area contributed by atoms with Gasteiger partial charge in [-0.25, -0.2) is 0 Å². The molecule has 0 N–H and O–H groups in total. The topological polar surface area (TPSA) is 52.4 Å². The largest absolute Gasteiger partial charge is 0.486 e. The minimum atomic E-state index is -0.412. The zero-order chi connectivity index (χ0) is 11.2. The molecule has 0 spiro atoms. The molecule has 1 aromatic carbocycles. The van der Waals surface area contributed by atoms with Gasteiger partial charge in [-0.05, 0) is 6.07 Å². The second-order valence-electron chi connectivity index (χ2n) is 4.23. The Morgan fingerprint density at radius 2 is 2.20 bits per heavy atom. The van der Waals surface area contributed by atoms with Gasteiger partial charge in [-0.3, -0.25) is 10.1 Å². The summed E-state index contributed by atoms with van der Waals surface area (Å²) in [4.78, 5) is 10.4. The lowest BCUT2D eigenvalue weighted by Crippen LogP contribution is -2.18. The minimum absolute atomic E-state index is 0.0324. The number of hydrogen-bond donors (Lipinski definition) is 0. The molecule has 1 aliphatic rings. The average Bonchev–Trinajstić information content (AvgIpc) is 2.41. The number of fused-ring (bicyclic) bond motifs is 1. The Labute approximate surface area is 95.5 Å². The van der Waals surface area contributed by atoms with Crippen LogP contribution in [0.3, 0.4) is 0 Å². The van der Waals surface area contributed by atoms with Gasteiger partial charge in [-0.1, -0.05) is 29.8 Å². The molecule has 15 heavy (non-hydrogen) atoms. The molecule has 1 aliphatic heterocycles. The van der Waals surface area contributed by atoms with Crippen LogP contribution < -0.4 is 4.74 Å². The Kier molecular flexibility index (Phi) is 2.22. The van der Waals surface area contributed by atoms with Crippen LogP contribution in [0.15, 0.2) is 16.6 Å². The van der Waals surface area contributed by atoms with E-state index in [1.54, 1.807) is 0 Å². The summed E-state index contributed by atoms with van der Waals surface area (Å²) in [6.45, 7) is 4.50. The predicted octanol–water partition coefficient (Wildman–Crippen LogP) is 3.03. The number of halogens is 1. The Balaban J connectivity index is 2.68. The standard InChI is InChI=1S/C10H10BrNO3/c1-10(2)5-15-9-7(10)3-6(11)4-8(9)12(13)14/h3-4H,5H2,1-2H3. The molecule has 0 unspecified atom stereocenters. The quantitative estimate of drug-likeness (QED) is 0.583. The Morgan fingerprint density at radius 1 is 1.53 bits per heavy atom. The molecule has 0 amide bonds. The first-order valence-electron chi connectivity index (χ1n) is 4.53. The Morgan fingerprint density at radius 3 is 2.80 bits per heavy atom. The van der Waals surface area contributed by atoms with E-state index in [9.17, 15) is 10.1 Å². The Hall–Kier alpha value is -1.10. The number of nitro groups is 1. The van der Waals surface area contributed by atoms with Crippen molar-refractivity contribution >= 4 is 21.6 Å². The summed E-state index contributed by atoms with van der Waals surface area (Å²) >= 11 is 3.28. The molecule has 2 rings (SSSR count). The minimum Gasteiger partial charge on any atom is -0.486 e. The van der Waals surface area contributed by atoms with Crippen LogP contribution in [-0.2, 0) is 5.41 Å². The second kappa shape index (κ2) is 3.20. The number of hydrogen-bond acceptors (Lipinski definition) is 3. The molecule has 5 heteroatoms. The average molecular weight is 272 g/mol. The number of nitrogens with zero attached hydrogens (tertiary/aromatic N) is 1. The molecule has 4 nitrogen and oxygen atoms in total. The van der Waals surface area contributed by atoms with Crippen molar-refractivity contribution in [3.63, 3.8) is 0 Å². The highest BCUT2D eigenvalue weighted by molar-refractivity contribution is 9.10. The zero-order valence-corrected chi connectivity index (χ0v) is 10.00. The lowest BCUT2D eigenvalue weighted by molar-refractivity contribution is -0.385. The fourth-order valence-corrected chi connectivity index (χ4v) is 2.15. The maximum absolute atomic E-state index is 10.8. The van der Waals surface area contributed by atoms with E-state index in [4.69, 9.17) is 4.74 Å². The van der Waals surface area contributed by atoms with Crippen LogP contribution in [0.1, 0.15) is 19.4 Å². The predicted molar refractivity (Wildman–Crippen MR) is 59.3 cm³/mol. The number of ether oxygens (including phenoxy) is 1. The molecule has 0 radical (unpaired) electrons. The van der Waals surface area contributed by atoms with E-state index < -0.39 is 4.92 Å². The maximum atomic E-state index is 10.8. The van der Waals surface area contributed by atoms with Gasteiger partial charge in [0, 0.05) is 21.5 Å². The molecule has 1 aromatic rings. The fraction of sp³-hybridized carbons (Fsp3) is 0.400. The smallest absolute Gasteiger partial charge is 0.312 e. The van der Waals surface area contributed by atoms with E-state index in [1.807, 2.05) is 19.9 Å². The van der Waals surface area contributed by atoms with E-state index in [1.165, 1.54) is 6.07 Å². The third kappa shape index (κ3) is 1.61. The van der Waals surface area contributed by atoms with E-state index in [0.717, 1.165) is 5.56 Å². The van der Waals surface area contributed by atoms with E-state index in [-0.39, 0.29) is 11.1 Å². The first-order chi connectivity index (χ1) is 6.92. The summed E-state index contributed by atoms with van der Waals surface area (Å²) in [7, 11) is 0. The van der Waals surface area contributed by atoms with E-state index >= 15 is 0 Å². The number of rotatable bonds is 1. The van der Waals surface area contributed by atoms with Crippen molar-refractivity contribution in [3.05, 3.63) is 32.3 Å². The van der Waals surface area contributed by atoms with Crippen molar-refractivity contribution in [1.82, 2.24) is 0 Å². The molecule has 0 atom stereocenters. The molecule has 0 saturated heterocycles. The van der Waals surface area contributed by atoms with Crippen LogP contribution >= 0.6 is 15.9 Å². The molecular weight excluding hydrogens is 262 g/mol. The summed E-state index contributed by atoms with van der Waals surface area (Å²) in [5.74, 6) is 0.410. The zero-order valence-electron chi connectivity index (χ0n) is 8.41. The maximum Gasteiger partial charge on any atom is 0.312 e. The van der Waals surface area contributed by atoms with Crippen LogP contribution in [0.5, 0.6) is 5.75 Å². The number of benzene rings is 1. The van der Waals surface area contributed by atoms with Crippen molar-refractivity contribution in [1.29, 1.82) is 0 Å². The molecule has 0 aliphatic carbocycles. The van der Waals surface area contributed by atoms with Gasteiger partial charge in [-0.15, -0.1) is 0 Å². The third-order valence-electron chi connectivity index (χ3n) is 2.54. The fourth-order valence-electron chi connectivity index (χ4n) is 1.70. The summed E-state index contributed by atoms with van der Waals surface area (Å²) in [5, 5.41) is 10.8. The monoisotopic (exact) mass is 271 g/mol. The van der Waals surface area contributed by atoms with Gasteiger partial charge in [0.15, 0.2) is 0 Å². The van der Waals surface area contributed by atoms with Crippen molar-refractivity contribution < 1.29 is 9.66 Å². The van der Waals surface area contributed by atoms with Crippen molar-refractivity contribution in [2.75, 3.05) is 6.61 Å². The summed E-state index contributed by atoms with van der Waals surface area (Å²) in [5.41, 5.74) is 0.762. The first kappa shape index (κ1) is 10.4. The van der Waals surface area contributed by atoms with Gasteiger partial charge < -0.3 is 4.74 Å². The highest BCUT2D eigenvalue weighted by Crippen LogP contribution is 2.45. The van der Waals surface area contributed by atoms with Crippen molar-refractivity contribution in [2.45, 2.75) is 19.3 Å². The first-order valence-corrected chi connectivity index (χ1v) is 5.32. The van der Waals surface area contributed by atoms with Crippen LogP contribution in [0.4, 0.5) is 5.69 Å². The van der Waals surface area contributed by atoms with Crippen molar-refractivity contribution in [2.24, 2.45) is 0 Å². The van der Waals surface area contributed by atoms with Gasteiger partial charge in [0.1, 0.15) is 0 Å². The number of nitro benzene ring substituents is 1. The molecule has 1 heterocycles. The van der Waals surface area contributed by atoms with Gasteiger partial charge in [0.2, 0.25) is 5.75 Å². The Bertz CT molecular complexity index is 443. The summed E-state index contributed by atoms with van der Waals surface area (Å²) < 4.78 is 6.11.